The second-order valence-corrected chi connectivity index (χ2v) is 4.29. The maximum atomic E-state index is 12.0. The van der Waals surface area contributed by atoms with Gasteiger partial charge in [-0.2, -0.15) is 0 Å². The molecule has 1 fully saturated rings. The SMILES string of the molecule is COc1ccccc1NC(=O)C1CCCC1O. The predicted molar refractivity (Wildman–Crippen MR) is 65.0 cm³/mol. The summed E-state index contributed by atoms with van der Waals surface area (Å²) < 4.78 is 5.16. The number of hydrogen-bond donors (Lipinski definition) is 2. The number of ether oxygens (including phenoxy) is 1. The number of methoxy groups -OCH3 is 1. The molecule has 2 unspecified atom stereocenters. The van der Waals surface area contributed by atoms with Crippen LogP contribution in [0.2, 0.25) is 0 Å². The number of benzene rings is 1. The highest BCUT2D eigenvalue weighted by Crippen LogP contribution is 2.29. The molecule has 0 aromatic heterocycles. The number of nitrogens with one attached hydrogen (secondary N) is 1. The van der Waals surface area contributed by atoms with Gasteiger partial charge in [0.15, 0.2) is 0 Å². The Labute approximate surface area is 101 Å². The number of hydrogen-bond acceptors (Lipinski definition) is 3. The fourth-order valence-electron chi connectivity index (χ4n) is 2.22. The van der Waals surface area contributed by atoms with Crippen molar-refractivity contribution in [2.24, 2.45) is 5.92 Å². The van der Waals surface area contributed by atoms with Crippen molar-refractivity contribution in [3.05, 3.63) is 24.3 Å². The maximum absolute atomic E-state index is 12.0. The third kappa shape index (κ3) is 2.58. The minimum Gasteiger partial charge on any atom is -0.495 e. The molecule has 0 bridgehead atoms. The van der Waals surface area contributed by atoms with Gasteiger partial charge in [-0.05, 0) is 31.4 Å². The van der Waals surface area contributed by atoms with E-state index in [4.69, 9.17) is 4.74 Å². The van der Waals surface area contributed by atoms with E-state index in [0.717, 1.165) is 12.8 Å². The molecule has 4 heteroatoms. The summed E-state index contributed by atoms with van der Waals surface area (Å²) >= 11 is 0. The van der Waals surface area contributed by atoms with E-state index >= 15 is 0 Å². The summed E-state index contributed by atoms with van der Waals surface area (Å²) in [5.41, 5.74) is 0.652. The molecule has 1 amide bonds. The zero-order chi connectivity index (χ0) is 12.3. The average molecular weight is 235 g/mol. The minimum absolute atomic E-state index is 0.125. The molecule has 0 radical (unpaired) electrons. The van der Waals surface area contributed by atoms with E-state index in [-0.39, 0.29) is 11.8 Å². The first-order valence-corrected chi connectivity index (χ1v) is 5.84. The van der Waals surface area contributed by atoms with E-state index in [2.05, 4.69) is 5.32 Å². The van der Waals surface area contributed by atoms with Gasteiger partial charge in [0, 0.05) is 0 Å². The standard InChI is InChI=1S/C13H17NO3/c1-17-12-8-3-2-6-10(12)14-13(16)9-5-4-7-11(9)15/h2-3,6,8-9,11,15H,4-5,7H2,1H3,(H,14,16). The summed E-state index contributed by atoms with van der Waals surface area (Å²) in [5, 5.41) is 12.5. The van der Waals surface area contributed by atoms with Crippen LogP contribution >= 0.6 is 0 Å². The topological polar surface area (TPSA) is 58.6 Å². The first-order chi connectivity index (χ1) is 8.22. The van der Waals surface area contributed by atoms with Crippen LogP contribution < -0.4 is 10.1 Å². The fraction of sp³-hybridized carbons (Fsp3) is 0.462. The molecule has 4 nitrogen and oxygen atoms in total. The molecule has 1 aromatic carbocycles. The quantitative estimate of drug-likeness (QED) is 0.839. The van der Waals surface area contributed by atoms with Crippen LogP contribution in [0.1, 0.15) is 19.3 Å². The molecule has 0 heterocycles. The van der Waals surface area contributed by atoms with Crippen LogP contribution in [0.3, 0.4) is 0 Å². The summed E-state index contributed by atoms with van der Waals surface area (Å²) in [4.78, 5) is 12.0. The van der Waals surface area contributed by atoms with Crippen LogP contribution in [0, 0.1) is 5.92 Å². The van der Waals surface area contributed by atoms with Gasteiger partial charge in [0.05, 0.1) is 24.8 Å². The number of rotatable bonds is 3. The Morgan fingerprint density at radius 2 is 2.18 bits per heavy atom. The minimum atomic E-state index is -0.510. The van der Waals surface area contributed by atoms with Crippen molar-refractivity contribution in [3.63, 3.8) is 0 Å². The Morgan fingerprint density at radius 1 is 1.41 bits per heavy atom. The van der Waals surface area contributed by atoms with Gasteiger partial charge in [0.25, 0.3) is 0 Å². The molecule has 0 saturated heterocycles. The summed E-state index contributed by atoms with van der Waals surface area (Å²) in [6, 6.07) is 7.26. The van der Waals surface area contributed by atoms with E-state index in [1.807, 2.05) is 12.1 Å². The number of anilines is 1. The summed E-state index contributed by atoms with van der Waals surface area (Å²) in [6.45, 7) is 0. The van der Waals surface area contributed by atoms with Crippen LogP contribution in [-0.2, 0) is 4.79 Å². The Hall–Kier alpha value is -1.55. The van der Waals surface area contributed by atoms with E-state index in [1.54, 1.807) is 19.2 Å². The van der Waals surface area contributed by atoms with Crippen LogP contribution in [0.5, 0.6) is 5.75 Å². The molecule has 1 saturated carbocycles. The molecule has 17 heavy (non-hydrogen) atoms. The lowest BCUT2D eigenvalue weighted by molar-refractivity contribution is -0.122. The van der Waals surface area contributed by atoms with Crippen molar-refractivity contribution in [3.8, 4) is 5.75 Å². The van der Waals surface area contributed by atoms with Crippen molar-refractivity contribution in [1.82, 2.24) is 0 Å². The van der Waals surface area contributed by atoms with Gasteiger partial charge >= 0.3 is 0 Å². The number of aliphatic hydroxyl groups excluding tert-OH is 1. The lowest BCUT2D eigenvalue weighted by Crippen LogP contribution is -2.28. The lowest BCUT2D eigenvalue weighted by atomic mass is 10.1. The van der Waals surface area contributed by atoms with Crippen LogP contribution in [0.15, 0.2) is 24.3 Å². The third-order valence-corrected chi connectivity index (χ3v) is 3.18. The monoisotopic (exact) mass is 235 g/mol. The smallest absolute Gasteiger partial charge is 0.230 e. The van der Waals surface area contributed by atoms with Crippen molar-refractivity contribution in [2.45, 2.75) is 25.4 Å². The molecule has 0 spiro atoms. The molecule has 0 aliphatic heterocycles. The van der Waals surface area contributed by atoms with E-state index in [0.29, 0.717) is 17.9 Å². The fourth-order valence-corrected chi connectivity index (χ4v) is 2.22. The lowest BCUT2D eigenvalue weighted by Gasteiger charge is -2.15. The molecule has 92 valence electrons. The normalized spacial score (nSPS) is 23.4. The predicted octanol–water partition coefficient (Wildman–Crippen LogP) is 1.79. The van der Waals surface area contributed by atoms with Crippen molar-refractivity contribution >= 4 is 11.6 Å². The first kappa shape index (κ1) is 11.9. The Bertz CT molecular complexity index is 405. The van der Waals surface area contributed by atoms with E-state index in [9.17, 15) is 9.90 Å². The van der Waals surface area contributed by atoms with Gasteiger partial charge in [0.1, 0.15) is 5.75 Å². The molecule has 1 aliphatic carbocycles. The van der Waals surface area contributed by atoms with Gasteiger partial charge < -0.3 is 15.2 Å². The number of amides is 1. The Balaban J connectivity index is 2.07. The van der Waals surface area contributed by atoms with Crippen molar-refractivity contribution in [2.75, 3.05) is 12.4 Å². The molecule has 2 N–H and O–H groups in total. The largest absolute Gasteiger partial charge is 0.495 e. The molecular weight excluding hydrogens is 218 g/mol. The van der Waals surface area contributed by atoms with Crippen LogP contribution in [0.25, 0.3) is 0 Å². The van der Waals surface area contributed by atoms with E-state index < -0.39 is 6.10 Å². The first-order valence-electron chi connectivity index (χ1n) is 5.84. The summed E-state index contributed by atoms with van der Waals surface area (Å²) in [6.07, 6.45) is 1.86. The molecule has 1 aliphatic rings. The highest BCUT2D eigenvalue weighted by molar-refractivity contribution is 5.94. The Kier molecular flexibility index (Phi) is 3.64. The molecule has 2 atom stereocenters. The van der Waals surface area contributed by atoms with Crippen LogP contribution in [-0.4, -0.2) is 24.2 Å². The van der Waals surface area contributed by atoms with Crippen LogP contribution in [0.4, 0.5) is 5.69 Å². The second-order valence-electron chi connectivity index (χ2n) is 4.29. The zero-order valence-electron chi connectivity index (χ0n) is 9.85. The molecular formula is C13H17NO3. The Morgan fingerprint density at radius 3 is 2.82 bits per heavy atom. The average Bonchev–Trinajstić information content (AvgIpc) is 2.76. The van der Waals surface area contributed by atoms with Gasteiger partial charge in [-0.1, -0.05) is 12.1 Å². The zero-order valence-corrected chi connectivity index (χ0v) is 9.85. The van der Waals surface area contributed by atoms with Crippen molar-refractivity contribution < 1.29 is 14.6 Å². The summed E-state index contributed by atoms with van der Waals surface area (Å²) in [7, 11) is 1.56. The highest BCUT2D eigenvalue weighted by Gasteiger charge is 2.31. The number of carbonyl (C=O) groups excluding carboxylic acids is 1. The highest BCUT2D eigenvalue weighted by atomic mass is 16.5. The molecule has 1 aromatic rings. The van der Waals surface area contributed by atoms with Gasteiger partial charge in [0.2, 0.25) is 5.91 Å². The number of aliphatic hydroxyl groups is 1. The van der Waals surface area contributed by atoms with Gasteiger partial charge in [-0.3, -0.25) is 4.79 Å². The number of para-hydroxylation sites is 2. The summed E-state index contributed by atoms with van der Waals surface area (Å²) in [5.74, 6) is 0.216. The van der Waals surface area contributed by atoms with E-state index in [1.165, 1.54) is 0 Å². The van der Waals surface area contributed by atoms with Gasteiger partial charge in [-0.25, -0.2) is 0 Å². The second kappa shape index (κ2) is 5.19. The van der Waals surface area contributed by atoms with Gasteiger partial charge in [-0.15, -0.1) is 0 Å². The number of carbonyl (C=O) groups is 1. The molecule has 2 rings (SSSR count). The third-order valence-electron chi connectivity index (χ3n) is 3.18. The maximum Gasteiger partial charge on any atom is 0.230 e. The van der Waals surface area contributed by atoms with Crippen molar-refractivity contribution in [1.29, 1.82) is 0 Å².